The molecule has 1 unspecified atom stereocenters. The third-order valence-corrected chi connectivity index (χ3v) is 4.32. The van der Waals surface area contributed by atoms with E-state index in [1.54, 1.807) is 12.1 Å². The third kappa shape index (κ3) is 2.67. The van der Waals surface area contributed by atoms with Crippen molar-refractivity contribution in [2.75, 3.05) is 0 Å². The summed E-state index contributed by atoms with van der Waals surface area (Å²) < 4.78 is 0. The molecule has 0 spiro atoms. The molecule has 5 heteroatoms. The van der Waals surface area contributed by atoms with Gasteiger partial charge in [0, 0.05) is 0 Å². The lowest BCUT2D eigenvalue weighted by molar-refractivity contribution is -0.0130. The van der Waals surface area contributed by atoms with Crippen molar-refractivity contribution in [3.63, 3.8) is 0 Å². The molecule has 5 nitrogen and oxygen atoms in total. The number of H-pyrrole nitrogens is 1. The Kier molecular flexibility index (Phi) is 3.72. The molecule has 2 N–H and O–H groups in total. The second-order valence-corrected chi connectivity index (χ2v) is 5.69. The maximum Gasteiger partial charge on any atom is 0.160 e. The molecule has 1 atom stereocenters. The molecule has 1 aliphatic carbocycles. The van der Waals surface area contributed by atoms with Gasteiger partial charge in [0.25, 0.3) is 0 Å². The first-order valence-corrected chi connectivity index (χ1v) is 7.31. The average molecular weight is 282 g/mol. The second kappa shape index (κ2) is 5.66. The van der Waals surface area contributed by atoms with Crippen LogP contribution in [0.5, 0.6) is 0 Å². The molecule has 0 amide bonds. The molecule has 1 aliphatic rings. The molecule has 3 rings (SSSR count). The summed E-state index contributed by atoms with van der Waals surface area (Å²) in [4.78, 5) is 4.26. The monoisotopic (exact) mass is 282 g/mol. The summed E-state index contributed by atoms with van der Waals surface area (Å²) in [6, 6.07) is 9.46. The van der Waals surface area contributed by atoms with Crippen molar-refractivity contribution in [1.29, 1.82) is 5.26 Å². The number of benzene rings is 1. The Morgan fingerprint density at radius 3 is 2.48 bits per heavy atom. The van der Waals surface area contributed by atoms with Crippen molar-refractivity contribution < 1.29 is 5.11 Å². The Bertz CT molecular complexity index is 621. The van der Waals surface area contributed by atoms with E-state index in [1.807, 2.05) is 12.1 Å². The van der Waals surface area contributed by atoms with Gasteiger partial charge in [0.15, 0.2) is 5.82 Å². The van der Waals surface area contributed by atoms with Gasteiger partial charge < -0.3 is 5.11 Å². The van der Waals surface area contributed by atoms with Crippen LogP contribution in [0.15, 0.2) is 30.6 Å². The second-order valence-electron chi connectivity index (χ2n) is 5.69. The zero-order valence-corrected chi connectivity index (χ0v) is 11.8. The zero-order chi connectivity index (χ0) is 14.7. The summed E-state index contributed by atoms with van der Waals surface area (Å²) in [7, 11) is 0. The first-order chi connectivity index (χ1) is 10.2. The number of hydrogen-bond acceptors (Lipinski definition) is 4. The fourth-order valence-corrected chi connectivity index (χ4v) is 3.26. The summed E-state index contributed by atoms with van der Waals surface area (Å²) in [5, 5.41) is 27.0. The largest absolute Gasteiger partial charge is 0.389 e. The molecule has 0 aliphatic heterocycles. The van der Waals surface area contributed by atoms with E-state index in [9.17, 15) is 5.11 Å². The summed E-state index contributed by atoms with van der Waals surface area (Å²) in [5.41, 5.74) is 0.760. The van der Waals surface area contributed by atoms with E-state index in [1.165, 1.54) is 6.33 Å². The van der Waals surface area contributed by atoms with Gasteiger partial charge >= 0.3 is 0 Å². The number of aliphatic hydroxyl groups is 1. The molecule has 2 aromatic rings. The van der Waals surface area contributed by atoms with Gasteiger partial charge in [-0.3, -0.25) is 5.10 Å². The minimum atomic E-state index is -0.811. The molecule has 1 heterocycles. The van der Waals surface area contributed by atoms with Crippen LogP contribution in [0.3, 0.4) is 0 Å². The van der Waals surface area contributed by atoms with Crippen molar-refractivity contribution in [2.45, 2.75) is 43.6 Å². The topological polar surface area (TPSA) is 85.6 Å². The number of aromatic nitrogens is 3. The van der Waals surface area contributed by atoms with Gasteiger partial charge in [-0.25, -0.2) is 4.98 Å². The number of nitrogens with zero attached hydrogens (tertiary/aromatic N) is 3. The molecule has 1 saturated carbocycles. The fraction of sp³-hybridized carbons (Fsp3) is 0.438. The minimum absolute atomic E-state index is 0.253. The molecule has 108 valence electrons. The predicted octanol–water partition coefficient (Wildman–Crippen LogP) is 2.50. The van der Waals surface area contributed by atoms with Crippen LogP contribution in [-0.4, -0.2) is 25.9 Å². The molecule has 1 aromatic heterocycles. The van der Waals surface area contributed by atoms with Crippen LogP contribution in [0.1, 0.15) is 55.0 Å². The van der Waals surface area contributed by atoms with E-state index in [2.05, 4.69) is 21.3 Å². The van der Waals surface area contributed by atoms with Crippen LogP contribution >= 0.6 is 0 Å². The van der Waals surface area contributed by atoms with E-state index in [0.29, 0.717) is 11.4 Å². The Balaban J connectivity index is 2.01. The molecule has 0 bridgehead atoms. The van der Waals surface area contributed by atoms with Crippen molar-refractivity contribution >= 4 is 0 Å². The van der Waals surface area contributed by atoms with Gasteiger partial charge in [-0.2, -0.15) is 10.4 Å². The lowest BCUT2D eigenvalue weighted by atomic mass is 9.72. The maximum absolute atomic E-state index is 11.1. The number of nitriles is 1. The van der Waals surface area contributed by atoms with Gasteiger partial charge in [-0.05, 0) is 30.5 Å². The normalized spacial score (nSPS) is 18.9. The maximum atomic E-state index is 11.1. The highest BCUT2D eigenvalue weighted by Crippen LogP contribution is 2.42. The van der Waals surface area contributed by atoms with E-state index >= 15 is 0 Å². The summed E-state index contributed by atoms with van der Waals surface area (Å²) in [6.07, 6.45) is 6.26. The molecule has 21 heavy (non-hydrogen) atoms. The molecule has 1 fully saturated rings. The Morgan fingerprint density at radius 1 is 1.19 bits per heavy atom. The molecule has 1 aromatic carbocycles. The zero-order valence-electron chi connectivity index (χ0n) is 11.8. The number of hydrogen-bond donors (Lipinski definition) is 2. The summed E-state index contributed by atoms with van der Waals surface area (Å²) in [5.74, 6) is 0.362. The van der Waals surface area contributed by atoms with E-state index < -0.39 is 5.60 Å². The highest BCUT2D eigenvalue weighted by Gasteiger charge is 2.41. The lowest BCUT2D eigenvalue weighted by Crippen LogP contribution is -2.39. The molecule has 0 radical (unpaired) electrons. The van der Waals surface area contributed by atoms with Crippen LogP contribution in [0.4, 0.5) is 0 Å². The SMILES string of the molecule is N#Cc1ccc(C(c2nc[nH]n2)C2(O)CCCCC2)cc1. The van der Waals surface area contributed by atoms with Gasteiger partial charge in [0.1, 0.15) is 6.33 Å². The van der Waals surface area contributed by atoms with Crippen molar-refractivity contribution in [1.82, 2.24) is 15.2 Å². The van der Waals surface area contributed by atoms with Gasteiger partial charge in [-0.15, -0.1) is 0 Å². The van der Waals surface area contributed by atoms with Crippen LogP contribution in [-0.2, 0) is 0 Å². The van der Waals surface area contributed by atoms with Gasteiger partial charge in [0.2, 0.25) is 0 Å². The van der Waals surface area contributed by atoms with Crippen molar-refractivity contribution in [3.8, 4) is 6.07 Å². The summed E-state index contributed by atoms with van der Waals surface area (Å²) in [6.45, 7) is 0. The molecule has 0 saturated heterocycles. The van der Waals surface area contributed by atoms with E-state index in [4.69, 9.17) is 5.26 Å². The Labute approximate surface area is 123 Å². The van der Waals surface area contributed by atoms with Crippen LogP contribution in [0.2, 0.25) is 0 Å². The average Bonchev–Trinajstić information content (AvgIpc) is 3.02. The van der Waals surface area contributed by atoms with Crippen LogP contribution < -0.4 is 0 Å². The van der Waals surface area contributed by atoms with Gasteiger partial charge in [0.05, 0.1) is 23.2 Å². The Morgan fingerprint density at radius 2 is 1.90 bits per heavy atom. The predicted molar refractivity (Wildman–Crippen MR) is 77.4 cm³/mol. The van der Waals surface area contributed by atoms with Crippen LogP contribution in [0, 0.1) is 11.3 Å². The standard InChI is InChI=1S/C16H18N4O/c17-10-12-4-6-13(7-5-12)14(15-18-11-19-20-15)16(21)8-2-1-3-9-16/h4-7,11,14,21H,1-3,8-9H2,(H,18,19,20). The number of rotatable bonds is 3. The third-order valence-electron chi connectivity index (χ3n) is 4.32. The van der Waals surface area contributed by atoms with E-state index in [-0.39, 0.29) is 5.92 Å². The van der Waals surface area contributed by atoms with E-state index in [0.717, 1.165) is 37.7 Å². The highest BCUT2D eigenvalue weighted by atomic mass is 16.3. The minimum Gasteiger partial charge on any atom is -0.389 e. The Hall–Kier alpha value is -2.19. The first-order valence-electron chi connectivity index (χ1n) is 7.31. The highest BCUT2D eigenvalue weighted by molar-refractivity contribution is 5.36. The quantitative estimate of drug-likeness (QED) is 0.905. The van der Waals surface area contributed by atoms with Gasteiger partial charge in [-0.1, -0.05) is 31.4 Å². The van der Waals surface area contributed by atoms with Crippen LogP contribution in [0.25, 0.3) is 0 Å². The van der Waals surface area contributed by atoms with Crippen molar-refractivity contribution in [3.05, 3.63) is 47.5 Å². The summed E-state index contributed by atoms with van der Waals surface area (Å²) >= 11 is 0. The smallest absolute Gasteiger partial charge is 0.160 e. The molecular weight excluding hydrogens is 264 g/mol. The lowest BCUT2D eigenvalue weighted by Gasteiger charge is -2.38. The number of aromatic amines is 1. The molecular formula is C16H18N4O. The van der Waals surface area contributed by atoms with Crippen molar-refractivity contribution in [2.24, 2.45) is 0 Å². The first kappa shape index (κ1) is 13.8. The number of nitrogens with one attached hydrogen (secondary N) is 1. The fourth-order valence-electron chi connectivity index (χ4n) is 3.26.